The van der Waals surface area contributed by atoms with E-state index < -0.39 is 0 Å². The molecule has 1 heterocycles. The van der Waals surface area contributed by atoms with Crippen molar-refractivity contribution in [2.45, 2.75) is 31.7 Å². The molecule has 0 saturated carbocycles. The van der Waals surface area contributed by atoms with E-state index in [9.17, 15) is 0 Å². The molecule has 4 nitrogen and oxygen atoms in total. The molecular formula is C16H18N4. The number of hydrogen-bond donors (Lipinski definition) is 1. The van der Waals surface area contributed by atoms with Crippen LogP contribution >= 0.6 is 0 Å². The minimum absolute atomic E-state index is 0.402. The number of nitrogens with zero attached hydrogens (tertiary/aromatic N) is 3. The summed E-state index contributed by atoms with van der Waals surface area (Å²) in [6.07, 6.45) is 6.66. The molecule has 0 fully saturated rings. The van der Waals surface area contributed by atoms with Gasteiger partial charge >= 0.3 is 0 Å². The summed E-state index contributed by atoms with van der Waals surface area (Å²) in [5.74, 6) is 0. The van der Waals surface area contributed by atoms with E-state index in [0.717, 1.165) is 12.1 Å². The standard InChI is InChI=1S/C16H18N4/c1-18-15-4-2-3-5-16-14(15)11-19-20(16)13-8-6-12(10-17)7-9-13/h6-9,11,15,18H,2-5H2,1H3. The molecule has 1 unspecified atom stereocenters. The Kier molecular flexibility index (Phi) is 3.53. The van der Waals surface area contributed by atoms with E-state index in [4.69, 9.17) is 5.26 Å². The lowest BCUT2D eigenvalue weighted by atomic mass is 10.1. The van der Waals surface area contributed by atoms with Gasteiger partial charge in [-0.05, 0) is 50.6 Å². The molecule has 0 spiro atoms. The van der Waals surface area contributed by atoms with Gasteiger partial charge < -0.3 is 5.32 Å². The molecule has 20 heavy (non-hydrogen) atoms. The Bertz CT molecular complexity index is 633. The second kappa shape index (κ2) is 5.48. The van der Waals surface area contributed by atoms with E-state index in [-0.39, 0.29) is 0 Å². The molecule has 3 rings (SSSR count). The number of aromatic nitrogens is 2. The van der Waals surface area contributed by atoms with Crippen molar-refractivity contribution in [1.29, 1.82) is 5.26 Å². The van der Waals surface area contributed by atoms with E-state index in [1.807, 2.05) is 42.2 Å². The van der Waals surface area contributed by atoms with Gasteiger partial charge in [0.15, 0.2) is 0 Å². The van der Waals surface area contributed by atoms with Crippen LogP contribution in [-0.2, 0) is 6.42 Å². The summed E-state index contributed by atoms with van der Waals surface area (Å²) in [6.45, 7) is 0. The monoisotopic (exact) mass is 266 g/mol. The summed E-state index contributed by atoms with van der Waals surface area (Å²) in [4.78, 5) is 0. The molecule has 1 atom stereocenters. The van der Waals surface area contributed by atoms with Crippen LogP contribution in [0.1, 0.15) is 42.1 Å². The average Bonchev–Trinajstić information content (AvgIpc) is 2.80. The third kappa shape index (κ3) is 2.21. The van der Waals surface area contributed by atoms with Crippen molar-refractivity contribution < 1.29 is 0 Å². The van der Waals surface area contributed by atoms with Crippen LogP contribution in [0.25, 0.3) is 5.69 Å². The Hall–Kier alpha value is -2.12. The summed E-state index contributed by atoms with van der Waals surface area (Å²) in [5, 5.41) is 16.8. The van der Waals surface area contributed by atoms with Crippen LogP contribution in [0.5, 0.6) is 0 Å². The fourth-order valence-electron chi connectivity index (χ4n) is 2.92. The van der Waals surface area contributed by atoms with Gasteiger partial charge in [-0.3, -0.25) is 0 Å². The maximum atomic E-state index is 8.87. The Morgan fingerprint density at radius 1 is 1.30 bits per heavy atom. The summed E-state index contributed by atoms with van der Waals surface area (Å²) < 4.78 is 2.02. The van der Waals surface area contributed by atoms with Crippen molar-refractivity contribution in [2.75, 3.05) is 7.05 Å². The van der Waals surface area contributed by atoms with Crippen molar-refractivity contribution in [3.05, 3.63) is 47.3 Å². The first-order valence-electron chi connectivity index (χ1n) is 7.08. The van der Waals surface area contributed by atoms with Gasteiger partial charge in [0, 0.05) is 17.3 Å². The summed E-state index contributed by atoms with van der Waals surface area (Å²) in [5.41, 5.74) is 4.32. The first-order valence-corrected chi connectivity index (χ1v) is 7.08. The molecule has 0 radical (unpaired) electrons. The SMILES string of the molecule is CNC1CCCCc2c1cnn2-c1ccc(C#N)cc1. The zero-order valence-corrected chi connectivity index (χ0v) is 11.6. The summed E-state index contributed by atoms with van der Waals surface area (Å²) in [6, 6.07) is 10.2. The molecule has 0 amide bonds. The molecule has 1 aliphatic rings. The van der Waals surface area contributed by atoms with E-state index in [2.05, 4.69) is 16.5 Å². The lowest BCUT2D eigenvalue weighted by Crippen LogP contribution is -2.16. The fraction of sp³-hybridized carbons (Fsp3) is 0.375. The van der Waals surface area contributed by atoms with Crippen LogP contribution in [0, 0.1) is 11.3 Å². The van der Waals surface area contributed by atoms with Crippen LogP contribution in [0.2, 0.25) is 0 Å². The Labute approximate surface area is 119 Å². The van der Waals surface area contributed by atoms with Gasteiger partial charge in [-0.1, -0.05) is 6.42 Å². The maximum Gasteiger partial charge on any atom is 0.0991 e. The number of benzene rings is 1. The molecule has 102 valence electrons. The van der Waals surface area contributed by atoms with Gasteiger partial charge in [-0.25, -0.2) is 4.68 Å². The van der Waals surface area contributed by atoms with Gasteiger partial charge in [0.1, 0.15) is 0 Å². The molecule has 1 aromatic heterocycles. The first-order chi connectivity index (χ1) is 9.83. The normalized spacial score (nSPS) is 18.1. The summed E-state index contributed by atoms with van der Waals surface area (Å²) in [7, 11) is 2.01. The van der Waals surface area contributed by atoms with E-state index in [1.165, 1.54) is 30.5 Å². The number of nitriles is 1. The van der Waals surface area contributed by atoms with E-state index in [0.29, 0.717) is 11.6 Å². The highest BCUT2D eigenvalue weighted by Crippen LogP contribution is 2.29. The lowest BCUT2D eigenvalue weighted by molar-refractivity contribution is 0.533. The number of rotatable bonds is 2. The van der Waals surface area contributed by atoms with Gasteiger partial charge in [0.2, 0.25) is 0 Å². The van der Waals surface area contributed by atoms with E-state index >= 15 is 0 Å². The highest BCUT2D eigenvalue weighted by atomic mass is 15.3. The summed E-state index contributed by atoms with van der Waals surface area (Å²) >= 11 is 0. The van der Waals surface area contributed by atoms with E-state index in [1.54, 1.807) is 0 Å². The fourth-order valence-corrected chi connectivity index (χ4v) is 2.92. The molecule has 0 bridgehead atoms. The van der Waals surface area contributed by atoms with Gasteiger partial charge in [-0.15, -0.1) is 0 Å². The molecule has 0 aliphatic heterocycles. The molecule has 1 N–H and O–H groups in total. The second-order valence-corrected chi connectivity index (χ2v) is 5.20. The largest absolute Gasteiger partial charge is 0.313 e. The van der Waals surface area contributed by atoms with Crippen LogP contribution in [0.3, 0.4) is 0 Å². The second-order valence-electron chi connectivity index (χ2n) is 5.20. The smallest absolute Gasteiger partial charge is 0.0991 e. The third-order valence-electron chi connectivity index (χ3n) is 4.02. The minimum Gasteiger partial charge on any atom is -0.313 e. The maximum absolute atomic E-state index is 8.87. The van der Waals surface area contributed by atoms with Crippen LogP contribution in [-0.4, -0.2) is 16.8 Å². The predicted molar refractivity (Wildman–Crippen MR) is 77.6 cm³/mol. The topological polar surface area (TPSA) is 53.6 Å². The lowest BCUT2D eigenvalue weighted by Gasteiger charge is -2.13. The quantitative estimate of drug-likeness (QED) is 0.850. The highest BCUT2D eigenvalue weighted by molar-refractivity contribution is 5.41. The van der Waals surface area contributed by atoms with Crippen molar-refractivity contribution in [1.82, 2.24) is 15.1 Å². The van der Waals surface area contributed by atoms with Crippen LogP contribution in [0.4, 0.5) is 0 Å². The Morgan fingerprint density at radius 2 is 2.10 bits per heavy atom. The molecule has 1 aliphatic carbocycles. The van der Waals surface area contributed by atoms with Crippen molar-refractivity contribution in [3.8, 4) is 11.8 Å². The first kappa shape index (κ1) is 12.9. The Morgan fingerprint density at radius 3 is 2.80 bits per heavy atom. The molecule has 4 heteroatoms. The Balaban J connectivity index is 2.02. The van der Waals surface area contributed by atoms with Gasteiger partial charge in [0.25, 0.3) is 0 Å². The zero-order chi connectivity index (χ0) is 13.9. The minimum atomic E-state index is 0.402. The molecule has 2 aromatic rings. The van der Waals surface area contributed by atoms with Gasteiger partial charge in [-0.2, -0.15) is 10.4 Å². The third-order valence-corrected chi connectivity index (χ3v) is 4.02. The molecular weight excluding hydrogens is 248 g/mol. The molecule has 1 aromatic carbocycles. The number of nitrogens with one attached hydrogen (secondary N) is 1. The van der Waals surface area contributed by atoms with Crippen LogP contribution in [0.15, 0.2) is 30.5 Å². The zero-order valence-electron chi connectivity index (χ0n) is 11.6. The predicted octanol–water partition coefficient (Wildman–Crippen LogP) is 2.73. The highest BCUT2D eigenvalue weighted by Gasteiger charge is 2.21. The molecule has 0 saturated heterocycles. The van der Waals surface area contributed by atoms with Crippen molar-refractivity contribution in [3.63, 3.8) is 0 Å². The van der Waals surface area contributed by atoms with Crippen LogP contribution < -0.4 is 5.32 Å². The van der Waals surface area contributed by atoms with Gasteiger partial charge in [0.05, 0.1) is 23.5 Å². The number of fused-ring (bicyclic) bond motifs is 1. The van der Waals surface area contributed by atoms with Crippen molar-refractivity contribution >= 4 is 0 Å². The number of hydrogen-bond acceptors (Lipinski definition) is 3. The average molecular weight is 266 g/mol. The van der Waals surface area contributed by atoms with Crippen molar-refractivity contribution in [2.24, 2.45) is 0 Å².